The molecule has 1 amide bonds. The lowest BCUT2D eigenvalue weighted by Gasteiger charge is -2.11. The summed E-state index contributed by atoms with van der Waals surface area (Å²) in [7, 11) is 0. The summed E-state index contributed by atoms with van der Waals surface area (Å²) in [6.07, 6.45) is 1.46. The molecule has 1 N–H and O–H groups in total. The van der Waals surface area contributed by atoms with Gasteiger partial charge in [-0.25, -0.2) is 10.2 Å². The van der Waals surface area contributed by atoms with Crippen LogP contribution in [0.25, 0.3) is 21.9 Å². The largest absolute Gasteiger partial charge is 0.484 e. The van der Waals surface area contributed by atoms with E-state index in [2.05, 4.69) is 10.5 Å². The number of amides is 1. The topological polar surface area (TPSA) is 77.0 Å². The second-order valence-electron chi connectivity index (χ2n) is 8.57. The normalized spacial score (nSPS) is 10.9. The van der Waals surface area contributed by atoms with Crippen LogP contribution in [0.5, 0.6) is 11.5 Å². The van der Waals surface area contributed by atoms with E-state index in [0.29, 0.717) is 27.6 Å². The molecular weight excluding hydrogens is 512 g/mol. The average Bonchev–Trinajstić information content (AvgIpc) is 2.98. The first kappa shape index (κ1) is 25.7. The molecular formula is C32H23ClN2O4. The third-order valence-electron chi connectivity index (χ3n) is 5.93. The minimum atomic E-state index is -0.535. The quantitative estimate of drug-likeness (QED) is 0.102. The Morgan fingerprint density at radius 3 is 2.23 bits per heavy atom. The van der Waals surface area contributed by atoms with Crippen molar-refractivity contribution in [3.63, 3.8) is 0 Å². The predicted molar refractivity (Wildman–Crippen MR) is 153 cm³/mol. The third-order valence-corrected chi connectivity index (χ3v) is 6.18. The molecule has 6 nitrogen and oxygen atoms in total. The number of fused-ring (bicyclic) bond motifs is 1. The van der Waals surface area contributed by atoms with Gasteiger partial charge in [0.15, 0.2) is 6.61 Å². The molecule has 7 heteroatoms. The van der Waals surface area contributed by atoms with E-state index in [-0.39, 0.29) is 6.61 Å². The van der Waals surface area contributed by atoms with Crippen molar-refractivity contribution < 1.29 is 19.1 Å². The molecule has 0 saturated carbocycles. The maximum absolute atomic E-state index is 12.7. The van der Waals surface area contributed by atoms with Crippen molar-refractivity contribution >= 4 is 40.5 Å². The van der Waals surface area contributed by atoms with E-state index in [0.717, 1.165) is 21.9 Å². The number of hydrogen-bond acceptors (Lipinski definition) is 5. The smallest absolute Gasteiger partial charge is 0.343 e. The zero-order valence-corrected chi connectivity index (χ0v) is 21.5. The number of nitrogens with zero attached hydrogens (tertiary/aromatic N) is 1. The van der Waals surface area contributed by atoms with Crippen LogP contribution >= 0.6 is 11.6 Å². The Morgan fingerprint density at radius 1 is 0.769 bits per heavy atom. The molecule has 0 bridgehead atoms. The Hall–Kier alpha value is -4.94. The molecule has 39 heavy (non-hydrogen) atoms. The van der Waals surface area contributed by atoms with Crippen LogP contribution in [0.4, 0.5) is 0 Å². The van der Waals surface area contributed by atoms with Gasteiger partial charge in [0, 0.05) is 10.6 Å². The van der Waals surface area contributed by atoms with Crippen molar-refractivity contribution in [2.24, 2.45) is 5.10 Å². The molecule has 0 saturated heterocycles. The second kappa shape index (κ2) is 12.1. The lowest BCUT2D eigenvalue weighted by Crippen LogP contribution is -2.24. The summed E-state index contributed by atoms with van der Waals surface area (Å²) >= 11 is 5.92. The van der Waals surface area contributed by atoms with Gasteiger partial charge in [-0.1, -0.05) is 84.4 Å². The van der Waals surface area contributed by atoms with Crippen molar-refractivity contribution in [2.45, 2.75) is 0 Å². The highest BCUT2D eigenvalue weighted by Crippen LogP contribution is 2.28. The summed E-state index contributed by atoms with van der Waals surface area (Å²) in [6, 6.07) is 35.1. The fourth-order valence-electron chi connectivity index (χ4n) is 3.97. The molecule has 0 aliphatic rings. The third kappa shape index (κ3) is 6.50. The molecule has 192 valence electrons. The second-order valence-corrected chi connectivity index (χ2v) is 9.00. The van der Waals surface area contributed by atoms with E-state index in [9.17, 15) is 9.59 Å². The minimum absolute atomic E-state index is 0.212. The predicted octanol–water partition coefficient (Wildman–Crippen LogP) is 6.91. The summed E-state index contributed by atoms with van der Waals surface area (Å²) in [5.41, 5.74) is 5.54. The van der Waals surface area contributed by atoms with Crippen LogP contribution < -0.4 is 14.9 Å². The van der Waals surface area contributed by atoms with Gasteiger partial charge in [-0.2, -0.15) is 5.10 Å². The number of nitrogens with one attached hydrogen (secondary N) is 1. The number of rotatable bonds is 8. The van der Waals surface area contributed by atoms with Crippen molar-refractivity contribution in [1.82, 2.24) is 5.43 Å². The Kier molecular flexibility index (Phi) is 7.95. The molecule has 0 spiro atoms. The number of carbonyl (C=O) groups is 2. The summed E-state index contributed by atoms with van der Waals surface area (Å²) in [4.78, 5) is 25.1. The van der Waals surface area contributed by atoms with Crippen LogP contribution in [-0.2, 0) is 4.79 Å². The number of carbonyl (C=O) groups excluding carboxylic acids is 2. The van der Waals surface area contributed by atoms with Gasteiger partial charge in [-0.3, -0.25) is 4.79 Å². The number of hydrogen-bond donors (Lipinski definition) is 1. The lowest BCUT2D eigenvalue weighted by atomic mass is 10.0. The van der Waals surface area contributed by atoms with Crippen molar-refractivity contribution in [3.05, 3.63) is 131 Å². The molecule has 0 aliphatic heterocycles. The maximum Gasteiger partial charge on any atom is 0.343 e. The Morgan fingerprint density at radius 2 is 1.46 bits per heavy atom. The highest BCUT2D eigenvalue weighted by molar-refractivity contribution is 6.30. The van der Waals surface area contributed by atoms with Gasteiger partial charge in [0.1, 0.15) is 11.5 Å². The van der Waals surface area contributed by atoms with E-state index in [1.54, 1.807) is 30.3 Å². The van der Waals surface area contributed by atoms with Crippen LogP contribution in [0, 0.1) is 0 Å². The van der Waals surface area contributed by atoms with Gasteiger partial charge in [0.25, 0.3) is 5.91 Å². The van der Waals surface area contributed by atoms with Crippen LogP contribution in [0.3, 0.4) is 0 Å². The van der Waals surface area contributed by atoms with Gasteiger partial charge in [0.05, 0.1) is 11.8 Å². The first-order valence-corrected chi connectivity index (χ1v) is 12.5. The van der Waals surface area contributed by atoms with E-state index < -0.39 is 11.9 Å². The first-order chi connectivity index (χ1) is 19.1. The van der Waals surface area contributed by atoms with Crippen molar-refractivity contribution in [2.75, 3.05) is 6.61 Å². The van der Waals surface area contributed by atoms with Crippen molar-refractivity contribution in [1.29, 1.82) is 0 Å². The van der Waals surface area contributed by atoms with E-state index >= 15 is 0 Å². The highest BCUT2D eigenvalue weighted by atomic mass is 35.5. The molecule has 0 atom stereocenters. The van der Waals surface area contributed by atoms with Crippen LogP contribution in [-0.4, -0.2) is 24.7 Å². The molecule has 5 aromatic carbocycles. The summed E-state index contributed by atoms with van der Waals surface area (Å²) in [5, 5.41) is 6.36. The molecule has 5 rings (SSSR count). The molecule has 0 fully saturated rings. The Balaban J connectivity index is 1.25. The number of benzene rings is 5. The average molecular weight is 535 g/mol. The lowest BCUT2D eigenvalue weighted by molar-refractivity contribution is -0.123. The summed E-state index contributed by atoms with van der Waals surface area (Å²) in [5.74, 6) is -0.0914. The molecule has 0 aliphatic carbocycles. The van der Waals surface area contributed by atoms with Gasteiger partial charge < -0.3 is 9.47 Å². The van der Waals surface area contributed by atoms with Gasteiger partial charge in [0.2, 0.25) is 0 Å². The minimum Gasteiger partial charge on any atom is -0.484 e. The van der Waals surface area contributed by atoms with Gasteiger partial charge in [-0.05, 0) is 64.4 Å². The Bertz CT molecular complexity index is 1630. The fraction of sp³-hybridized carbons (Fsp3) is 0.0312. The summed E-state index contributed by atoms with van der Waals surface area (Å²) in [6.45, 7) is -0.212. The SMILES string of the molecule is O=C(COc1ccc(-c2ccccc2)cc1)NN=Cc1c(OC(=O)c2ccc(Cl)cc2)ccc2ccccc12. The van der Waals surface area contributed by atoms with Crippen LogP contribution in [0.1, 0.15) is 15.9 Å². The zero-order valence-electron chi connectivity index (χ0n) is 20.7. The van der Waals surface area contributed by atoms with Gasteiger partial charge in [-0.15, -0.1) is 0 Å². The molecule has 5 aromatic rings. The van der Waals surface area contributed by atoms with E-state index in [1.807, 2.05) is 84.9 Å². The number of ether oxygens (including phenoxy) is 2. The van der Waals surface area contributed by atoms with E-state index in [1.165, 1.54) is 6.21 Å². The zero-order chi connectivity index (χ0) is 27.0. The fourth-order valence-corrected chi connectivity index (χ4v) is 4.09. The Labute approximate surface area is 230 Å². The van der Waals surface area contributed by atoms with E-state index in [4.69, 9.17) is 21.1 Å². The van der Waals surface area contributed by atoms with Gasteiger partial charge >= 0.3 is 5.97 Å². The molecule has 0 aromatic heterocycles. The molecule has 0 radical (unpaired) electrons. The summed E-state index contributed by atoms with van der Waals surface area (Å²) < 4.78 is 11.3. The number of esters is 1. The maximum atomic E-state index is 12.7. The number of halogens is 1. The number of hydrazone groups is 1. The standard InChI is InChI=1S/C32H23ClN2O4/c33-26-15-10-25(11-16-26)32(37)39-30-19-14-24-8-4-5-9-28(24)29(30)20-34-35-31(36)21-38-27-17-12-23(13-18-27)22-6-2-1-3-7-22/h1-20H,21H2,(H,35,36). The first-order valence-electron chi connectivity index (χ1n) is 12.2. The molecule has 0 heterocycles. The van der Waals surface area contributed by atoms with Crippen molar-refractivity contribution in [3.8, 4) is 22.6 Å². The van der Waals surface area contributed by atoms with Crippen LogP contribution in [0.2, 0.25) is 5.02 Å². The monoisotopic (exact) mass is 534 g/mol. The highest BCUT2D eigenvalue weighted by Gasteiger charge is 2.14. The molecule has 0 unspecified atom stereocenters. The van der Waals surface area contributed by atoms with Crippen LogP contribution in [0.15, 0.2) is 120 Å².